The molecule has 0 spiro atoms. The summed E-state index contributed by atoms with van der Waals surface area (Å²) in [6.45, 7) is 1.96. The topological polar surface area (TPSA) is 93.7 Å². The van der Waals surface area contributed by atoms with Crippen LogP contribution in [0.5, 0.6) is 11.5 Å². The van der Waals surface area contributed by atoms with Gasteiger partial charge in [0.1, 0.15) is 0 Å². The summed E-state index contributed by atoms with van der Waals surface area (Å²) >= 11 is 0. The molecule has 1 aliphatic heterocycles. The summed E-state index contributed by atoms with van der Waals surface area (Å²) < 4.78 is 34.7. The number of fused-ring (bicyclic) bond motifs is 1. The van der Waals surface area contributed by atoms with Crippen LogP contribution in [0.25, 0.3) is 0 Å². The molecule has 0 aliphatic carbocycles. The molecule has 0 saturated carbocycles. The van der Waals surface area contributed by atoms with Crippen molar-refractivity contribution >= 4 is 15.9 Å². The molecule has 110 valence electrons. The normalized spacial score (nSPS) is 14.9. The third-order valence-corrected chi connectivity index (χ3v) is 3.47. The van der Waals surface area contributed by atoms with Gasteiger partial charge in [0, 0.05) is 6.54 Å². The van der Waals surface area contributed by atoms with Gasteiger partial charge in [-0.05, 0) is 24.6 Å². The maximum atomic E-state index is 11.7. The molecule has 8 heteroatoms. The van der Waals surface area contributed by atoms with Gasteiger partial charge in [0.2, 0.25) is 22.7 Å². The third-order valence-electron chi connectivity index (χ3n) is 2.69. The number of carbonyl (C=O) groups excluding carboxylic acids is 1. The van der Waals surface area contributed by atoms with Crippen LogP contribution in [0.4, 0.5) is 0 Å². The maximum absolute atomic E-state index is 11.7. The summed E-state index contributed by atoms with van der Waals surface area (Å²) in [5.41, 5.74) is 0.842. The summed E-state index contributed by atoms with van der Waals surface area (Å²) in [6, 6.07) is 4.53. The number of benzene rings is 1. The molecule has 0 aromatic heterocycles. The molecule has 0 fully saturated rings. The van der Waals surface area contributed by atoms with E-state index in [1.807, 2.05) is 6.07 Å². The van der Waals surface area contributed by atoms with Gasteiger partial charge < -0.3 is 14.8 Å². The van der Waals surface area contributed by atoms with E-state index in [0.29, 0.717) is 11.5 Å². The Hall–Kier alpha value is -1.80. The zero-order valence-corrected chi connectivity index (χ0v) is 12.0. The van der Waals surface area contributed by atoms with E-state index in [0.717, 1.165) is 11.8 Å². The van der Waals surface area contributed by atoms with E-state index in [-0.39, 0.29) is 13.3 Å². The zero-order chi connectivity index (χ0) is 14.8. The fourth-order valence-corrected chi connectivity index (χ4v) is 2.52. The van der Waals surface area contributed by atoms with Gasteiger partial charge in [0.05, 0.1) is 12.3 Å². The molecule has 2 N–H and O–H groups in total. The second-order valence-corrected chi connectivity index (χ2v) is 6.30. The van der Waals surface area contributed by atoms with E-state index in [1.54, 1.807) is 12.1 Å². The number of rotatable bonds is 5. The lowest BCUT2D eigenvalue weighted by molar-refractivity contribution is -0.122. The minimum absolute atomic E-state index is 0.195. The summed E-state index contributed by atoms with van der Waals surface area (Å²) in [6.07, 6.45) is 1.01. The smallest absolute Gasteiger partial charge is 0.238 e. The van der Waals surface area contributed by atoms with Crippen molar-refractivity contribution in [1.29, 1.82) is 0 Å². The number of hydrogen-bond acceptors (Lipinski definition) is 5. The highest BCUT2D eigenvalue weighted by Gasteiger charge is 2.17. The van der Waals surface area contributed by atoms with Crippen LogP contribution in [0.15, 0.2) is 18.2 Å². The molecule has 1 aliphatic rings. The molecule has 0 radical (unpaired) electrons. The molecule has 0 unspecified atom stereocenters. The highest BCUT2D eigenvalue weighted by Crippen LogP contribution is 2.32. The monoisotopic (exact) mass is 300 g/mol. The Kier molecular flexibility index (Phi) is 4.15. The number of ether oxygens (including phenoxy) is 2. The first-order chi connectivity index (χ1) is 9.35. The number of nitrogens with one attached hydrogen (secondary N) is 2. The molecule has 2 rings (SSSR count). The van der Waals surface area contributed by atoms with E-state index < -0.39 is 22.0 Å². The van der Waals surface area contributed by atoms with Crippen molar-refractivity contribution in [2.24, 2.45) is 0 Å². The third kappa shape index (κ3) is 3.84. The molecule has 1 heterocycles. The number of amides is 1. The van der Waals surface area contributed by atoms with Crippen LogP contribution in [0.3, 0.4) is 0 Å². The second-order valence-electron chi connectivity index (χ2n) is 4.52. The van der Waals surface area contributed by atoms with Crippen molar-refractivity contribution in [3.63, 3.8) is 0 Å². The Labute approximate surface area is 117 Å². The summed E-state index contributed by atoms with van der Waals surface area (Å²) in [5.74, 6) is 0.916. The van der Waals surface area contributed by atoms with Crippen LogP contribution in [-0.2, 0) is 21.4 Å². The van der Waals surface area contributed by atoms with Crippen molar-refractivity contribution in [2.75, 3.05) is 13.0 Å². The van der Waals surface area contributed by atoms with Crippen LogP contribution in [0.2, 0.25) is 0 Å². The van der Waals surface area contributed by atoms with Crippen LogP contribution >= 0.6 is 0 Å². The first-order valence-electron chi connectivity index (χ1n) is 5.99. The first kappa shape index (κ1) is 14.6. The largest absolute Gasteiger partial charge is 0.454 e. The zero-order valence-electron chi connectivity index (χ0n) is 11.2. The molecule has 1 amide bonds. The lowest BCUT2D eigenvalue weighted by Gasteiger charge is -2.12. The van der Waals surface area contributed by atoms with Crippen LogP contribution in [-0.4, -0.2) is 33.4 Å². The van der Waals surface area contributed by atoms with Gasteiger partial charge >= 0.3 is 0 Å². The summed E-state index contributed by atoms with van der Waals surface area (Å²) in [5, 5.41) is 2.65. The highest BCUT2D eigenvalue weighted by molar-refractivity contribution is 7.88. The van der Waals surface area contributed by atoms with Crippen LogP contribution in [0.1, 0.15) is 12.5 Å². The quantitative estimate of drug-likeness (QED) is 0.796. The van der Waals surface area contributed by atoms with Crippen LogP contribution < -0.4 is 19.5 Å². The molecular formula is C12H16N2O5S. The molecule has 20 heavy (non-hydrogen) atoms. The fourth-order valence-electron chi connectivity index (χ4n) is 1.77. The Bertz CT molecular complexity index is 614. The molecule has 1 atom stereocenters. The molecular weight excluding hydrogens is 284 g/mol. The van der Waals surface area contributed by atoms with E-state index in [4.69, 9.17) is 9.47 Å². The Morgan fingerprint density at radius 2 is 2.05 bits per heavy atom. The lowest BCUT2D eigenvalue weighted by Crippen LogP contribution is -2.44. The van der Waals surface area contributed by atoms with Crippen molar-refractivity contribution in [1.82, 2.24) is 10.0 Å². The van der Waals surface area contributed by atoms with Gasteiger partial charge in [-0.3, -0.25) is 4.79 Å². The predicted octanol–water partition coefficient (Wildman–Crippen LogP) is -0.0308. The Morgan fingerprint density at radius 1 is 1.35 bits per heavy atom. The maximum Gasteiger partial charge on any atom is 0.238 e. The Balaban J connectivity index is 1.90. The van der Waals surface area contributed by atoms with Gasteiger partial charge in [0.15, 0.2) is 11.5 Å². The molecule has 1 aromatic rings. The van der Waals surface area contributed by atoms with Gasteiger partial charge in [-0.1, -0.05) is 6.07 Å². The van der Waals surface area contributed by atoms with E-state index in [9.17, 15) is 13.2 Å². The number of sulfonamides is 1. The minimum atomic E-state index is -3.41. The highest BCUT2D eigenvalue weighted by atomic mass is 32.2. The van der Waals surface area contributed by atoms with Crippen molar-refractivity contribution in [3.8, 4) is 11.5 Å². The molecule has 7 nitrogen and oxygen atoms in total. The first-order valence-corrected chi connectivity index (χ1v) is 7.88. The van der Waals surface area contributed by atoms with Gasteiger partial charge in [-0.2, -0.15) is 0 Å². The molecule has 0 bridgehead atoms. The lowest BCUT2D eigenvalue weighted by atomic mass is 10.2. The van der Waals surface area contributed by atoms with E-state index in [1.165, 1.54) is 6.92 Å². The van der Waals surface area contributed by atoms with Crippen LogP contribution in [0, 0.1) is 0 Å². The molecule has 0 saturated heterocycles. The number of hydrogen-bond donors (Lipinski definition) is 2. The average Bonchev–Trinajstić information content (AvgIpc) is 2.81. The fraction of sp³-hybridized carbons (Fsp3) is 0.417. The van der Waals surface area contributed by atoms with Gasteiger partial charge in [0.25, 0.3) is 0 Å². The predicted molar refractivity (Wildman–Crippen MR) is 71.9 cm³/mol. The summed E-state index contributed by atoms with van der Waals surface area (Å²) in [4.78, 5) is 11.7. The van der Waals surface area contributed by atoms with E-state index in [2.05, 4.69) is 10.0 Å². The van der Waals surface area contributed by atoms with Crippen molar-refractivity contribution in [3.05, 3.63) is 23.8 Å². The Morgan fingerprint density at radius 3 is 2.75 bits per heavy atom. The summed E-state index contributed by atoms with van der Waals surface area (Å²) in [7, 11) is -3.41. The van der Waals surface area contributed by atoms with Gasteiger partial charge in [-0.15, -0.1) is 0 Å². The molecule has 1 aromatic carbocycles. The second kappa shape index (κ2) is 5.68. The minimum Gasteiger partial charge on any atom is -0.454 e. The van der Waals surface area contributed by atoms with E-state index >= 15 is 0 Å². The van der Waals surface area contributed by atoms with Gasteiger partial charge in [-0.25, -0.2) is 13.1 Å². The van der Waals surface area contributed by atoms with Crippen molar-refractivity contribution in [2.45, 2.75) is 19.5 Å². The standard InChI is InChI=1S/C12H16N2O5S/c1-8(14-20(2,16)17)12(15)13-6-9-3-4-10-11(5-9)19-7-18-10/h3-5,8,14H,6-7H2,1-2H3,(H,13,15)/t8-/m0/s1. The van der Waals surface area contributed by atoms with Crippen molar-refractivity contribution < 1.29 is 22.7 Å². The average molecular weight is 300 g/mol. The number of carbonyl (C=O) groups is 1. The SMILES string of the molecule is C[C@H](NS(C)(=O)=O)C(=O)NCc1ccc2c(c1)OCO2.